The highest BCUT2D eigenvalue weighted by Gasteiger charge is 2.06. The third-order valence-corrected chi connectivity index (χ3v) is 3.14. The Morgan fingerprint density at radius 1 is 1.19 bits per heavy atom. The minimum atomic E-state index is -0.327. The molecule has 0 aliphatic rings. The van der Waals surface area contributed by atoms with Gasteiger partial charge < -0.3 is 0 Å². The molecular weight excluding hydrogens is 264 g/mol. The van der Waals surface area contributed by atoms with E-state index in [1.807, 2.05) is 42.5 Å². The first-order chi connectivity index (χ1) is 10.2. The van der Waals surface area contributed by atoms with E-state index in [-0.39, 0.29) is 5.91 Å². The number of aryl methyl sites for hydroxylation is 1. The Bertz CT molecular complexity index is 815. The molecule has 0 spiro atoms. The van der Waals surface area contributed by atoms with Crippen molar-refractivity contribution >= 4 is 22.9 Å². The molecule has 0 unspecified atom stereocenters. The van der Waals surface area contributed by atoms with E-state index in [0.29, 0.717) is 5.69 Å². The average molecular weight is 278 g/mol. The van der Waals surface area contributed by atoms with Crippen LogP contribution in [-0.4, -0.2) is 21.9 Å². The van der Waals surface area contributed by atoms with E-state index in [2.05, 4.69) is 15.6 Å². The van der Waals surface area contributed by atoms with E-state index in [1.54, 1.807) is 30.2 Å². The molecular formula is C16H14N4O. The Balaban J connectivity index is 1.78. The van der Waals surface area contributed by atoms with Crippen molar-refractivity contribution in [2.45, 2.75) is 0 Å². The van der Waals surface area contributed by atoms with Crippen molar-refractivity contribution in [3.63, 3.8) is 0 Å². The van der Waals surface area contributed by atoms with Crippen molar-refractivity contribution < 1.29 is 4.79 Å². The molecule has 3 aromatic rings. The average Bonchev–Trinajstić information content (AvgIpc) is 2.94. The van der Waals surface area contributed by atoms with E-state index in [0.717, 1.165) is 16.3 Å². The molecule has 0 fully saturated rings. The van der Waals surface area contributed by atoms with Crippen molar-refractivity contribution in [3.8, 4) is 0 Å². The number of carbonyl (C=O) groups excluding carboxylic acids is 1. The first-order valence-corrected chi connectivity index (χ1v) is 6.55. The van der Waals surface area contributed by atoms with Gasteiger partial charge >= 0.3 is 0 Å². The van der Waals surface area contributed by atoms with E-state index < -0.39 is 0 Å². The van der Waals surface area contributed by atoms with Gasteiger partial charge in [-0.1, -0.05) is 42.5 Å². The maximum atomic E-state index is 11.8. The highest BCUT2D eigenvalue weighted by atomic mass is 16.2. The number of carbonyl (C=O) groups is 1. The standard InChI is InChI=1S/C16H14N4O/c1-20-10-9-15(19-20)16(21)18-17-11-13-7-4-6-12-5-2-3-8-14(12)13/h2-11H,1H3,(H,18,21)/b17-11+. The smallest absolute Gasteiger partial charge is 0.275 e. The molecule has 0 saturated carbocycles. The van der Waals surface area contributed by atoms with Crippen LogP contribution >= 0.6 is 0 Å². The van der Waals surface area contributed by atoms with Gasteiger partial charge in [-0.05, 0) is 16.8 Å². The van der Waals surface area contributed by atoms with E-state index in [1.165, 1.54) is 0 Å². The van der Waals surface area contributed by atoms with Crippen LogP contribution in [0.4, 0.5) is 0 Å². The van der Waals surface area contributed by atoms with E-state index in [4.69, 9.17) is 0 Å². The number of hydrazone groups is 1. The molecule has 21 heavy (non-hydrogen) atoms. The summed E-state index contributed by atoms with van der Waals surface area (Å²) in [6.07, 6.45) is 3.35. The molecule has 104 valence electrons. The van der Waals surface area contributed by atoms with Gasteiger partial charge in [0.05, 0.1) is 6.21 Å². The maximum absolute atomic E-state index is 11.8. The molecule has 1 heterocycles. The SMILES string of the molecule is Cn1ccc(C(=O)N/N=C/c2cccc3ccccc23)n1. The van der Waals surface area contributed by atoms with Crippen LogP contribution in [0.3, 0.4) is 0 Å². The first-order valence-electron chi connectivity index (χ1n) is 6.55. The second-order valence-corrected chi connectivity index (χ2v) is 4.64. The lowest BCUT2D eigenvalue weighted by atomic mass is 10.1. The van der Waals surface area contributed by atoms with Crippen LogP contribution in [0, 0.1) is 0 Å². The summed E-state index contributed by atoms with van der Waals surface area (Å²) in [5.74, 6) is -0.327. The van der Waals surface area contributed by atoms with Crippen LogP contribution in [0.25, 0.3) is 10.8 Å². The molecule has 5 nitrogen and oxygen atoms in total. The van der Waals surface area contributed by atoms with Crippen LogP contribution in [0.2, 0.25) is 0 Å². The van der Waals surface area contributed by atoms with Gasteiger partial charge in [0.1, 0.15) is 0 Å². The lowest BCUT2D eigenvalue weighted by Gasteiger charge is -2.01. The zero-order chi connectivity index (χ0) is 14.7. The largest absolute Gasteiger partial charge is 0.291 e. The lowest BCUT2D eigenvalue weighted by molar-refractivity contribution is 0.0949. The van der Waals surface area contributed by atoms with Gasteiger partial charge in [0.25, 0.3) is 5.91 Å². The summed E-state index contributed by atoms with van der Waals surface area (Å²) in [6, 6.07) is 15.6. The van der Waals surface area contributed by atoms with Gasteiger partial charge in [-0.3, -0.25) is 9.48 Å². The number of benzene rings is 2. The Labute approximate surface area is 121 Å². The summed E-state index contributed by atoms with van der Waals surface area (Å²) < 4.78 is 1.57. The third kappa shape index (κ3) is 2.81. The van der Waals surface area contributed by atoms with Gasteiger partial charge in [0.15, 0.2) is 5.69 Å². The number of fused-ring (bicyclic) bond motifs is 1. The van der Waals surface area contributed by atoms with Crippen LogP contribution < -0.4 is 5.43 Å². The van der Waals surface area contributed by atoms with Crippen LogP contribution in [0.5, 0.6) is 0 Å². The normalized spacial score (nSPS) is 11.1. The van der Waals surface area contributed by atoms with Crippen molar-refractivity contribution in [3.05, 3.63) is 66.0 Å². The topological polar surface area (TPSA) is 59.3 Å². The Hall–Kier alpha value is -2.95. The predicted octanol–water partition coefficient (Wildman–Crippen LogP) is 2.34. The van der Waals surface area contributed by atoms with Crippen molar-refractivity contribution in [1.29, 1.82) is 0 Å². The maximum Gasteiger partial charge on any atom is 0.291 e. The second kappa shape index (κ2) is 5.58. The molecule has 2 aromatic carbocycles. The number of rotatable bonds is 3. The molecule has 0 saturated heterocycles. The van der Waals surface area contributed by atoms with Crippen molar-refractivity contribution in [2.24, 2.45) is 12.1 Å². The minimum Gasteiger partial charge on any atom is -0.275 e. The fourth-order valence-corrected chi connectivity index (χ4v) is 2.12. The molecule has 3 rings (SSSR count). The lowest BCUT2D eigenvalue weighted by Crippen LogP contribution is -2.18. The van der Waals surface area contributed by atoms with Crippen molar-refractivity contribution in [2.75, 3.05) is 0 Å². The Morgan fingerprint density at radius 2 is 2.00 bits per heavy atom. The van der Waals surface area contributed by atoms with Gasteiger partial charge in [-0.25, -0.2) is 5.43 Å². The van der Waals surface area contributed by atoms with Crippen LogP contribution in [0.15, 0.2) is 59.8 Å². The number of amides is 1. The molecule has 1 amide bonds. The summed E-state index contributed by atoms with van der Waals surface area (Å²) >= 11 is 0. The summed E-state index contributed by atoms with van der Waals surface area (Å²) in [4.78, 5) is 11.8. The summed E-state index contributed by atoms with van der Waals surface area (Å²) in [5.41, 5.74) is 3.77. The van der Waals surface area contributed by atoms with Gasteiger partial charge in [0, 0.05) is 18.8 Å². The molecule has 1 N–H and O–H groups in total. The molecule has 0 radical (unpaired) electrons. The molecule has 5 heteroatoms. The fraction of sp³-hybridized carbons (Fsp3) is 0.0625. The molecule has 0 aliphatic heterocycles. The zero-order valence-corrected chi connectivity index (χ0v) is 11.5. The molecule has 0 aliphatic carbocycles. The Kier molecular flexibility index (Phi) is 3.47. The Morgan fingerprint density at radius 3 is 2.81 bits per heavy atom. The highest BCUT2D eigenvalue weighted by Crippen LogP contribution is 2.16. The minimum absolute atomic E-state index is 0.327. The second-order valence-electron chi connectivity index (χ2n) is 4.64. The summed E-state index contributed by atoms with van der Waals surface area (Å²) in [5, 5.41) is 10.3. The predicted molar refractivity (Wildman–Crippen MR) is 82.2 cm³/mol. The van der Waals surface area contributed by atoms with Gasteiger partial charge in [0.2, 0.25) is 0 Å². The molecule has 0 atom stereocenters. The van der Waals surface area contributed by atoms with Crippen LogP contribution in [0.1, 0.15) is 16.1 Å². The monoisotopic (exact) mass is 278 g/mol. The number of aromatic nitrogens is 2. The molecule has 1 aromatic heterocycles. The van der Waals surface area contributed by atoms with Gasteiger partial charge in [-0.15, -0.1) is 0 Å². The zero-order valence-electron chi connectivity index (χ0n) is 11.5. The fourth-order valence-electron chi connectivity index (χ4n) is 2.12. The molecule has 0 bridgehead atoms. The van der Waals surface area contributed by atoms with E-state index >= 15 is 0 Å². The third-order valence-electron chi connectivity index (χ3n) is 3.14. The summed E-state index contributed by atoms with van der Waals surface area (Å²) in [6.45, 7) is 0. The number of hydrogen-bond acceptors (Lipinski definition) is 3. The van der Waals surface area contributed by atoms with E-state index in [9.17, 15) is 4.79 Å². The quantitative estimate of drug-likeness (QED) is 0.590. The van der Waals surface area contributed by atoms with Gasteiger partial charge in [-0.2, -0.15) is 10.2 Å². The van der Waals surface area contributed by atoms with Crippen molar-refractivity contribution in [1.82, 2.24) is 15.2 Å². The summed E-state index contributed by atoms with van der Waals surface area (Å²) in [7, 11) is 1.76. The first kappa shape index (κ1) is 13.1. The number of nitrogens with zero attached hydrogens (tertiary/aromatic N) is 3. The number of hydrogen-bond donors (Lipinski definition) is 1. The number of nitrogens with one attached hydrogen (secondary N) is 1. The highest BCUT2D eigenvalue weighted by molar-refractivity contribution is 6.00. The van der Waals surface area contributed by atoms with Crippen LogP contribution in [-0.2, 0) is 7.05 Å².